The van der Waals surface area contributed by atoms with E-state index in [4.69, 9.17) is 9.47 Å². The first-order chi connectivity index (χ1) is 13.1. The Bertz CT molecular complexity index is 588. The van der Waals surface area contributed by atoms with Crippen LogP contribution in [0.2, 0.25) is 0 Å². The lowest BCUT2D eigenvalue weighted by atomic mass is 9.83. The Morgan fingerprint density at radius 2 is 1.18 bits per heavy atom. The Morgan fingerprint density at radius 3 is 1.54 bits per heavy atom. The molecule has 0 heterocycles. The normalized spacial score (nSPS) is 11.1. The van der Waals surface area contributed by atoms with Crippen LogP contribution in [0.3, 0.4) is 0 Å². The summed E-state index contributed by atoms with van der Waals surface area (Å²) in [6.07, 6.45) is 0.630. The molecular weight excluding hydrogens is 376 g/mol. The molecule has 28 heavy (non-hydrogen) atoms. The van der Waals surface area contributed by atoms with Crippen molar-refractivity contribution >= 4 is 23.9 Å². The van der Waals surface area contributed by atoms with Crippen LogP contribution in [0.15, 0.2) is 38.0 Å². The van der Waals surface area contributed by atoms with Crippen molar-refractivity contribution in [3.63, 3.8) is 0 Å². The van der Waals surface area contributed by atoms with Crippen molar-refractivity contribution in [1.82, 2.24) is 0 Å². The van der Waals surface area contributed by atoms with Gasteiger partial charge in [-0.3, -0.25) is 4.79 Å². The Morgan fingerprint density at radius 1 is 0.750 bits per heavy atom. The van der Waals surface area contributed by atoms with E-state index in [1.807, 2.05) is 0 Å². The number of aliphatic hydroxyl groups is 3. The van der Waals surface area contributed by atoms with Gasteiger partial charge >= 0.3 is 23.9 Å². The van der Waals surface area contributed by atoms with Crippen LogP contribution in [-0.4, -0.2) is 64.8 Å². The SMILES string of the molecule is C=CC(=O)OC(=O)CC(CCC(CO)(CO)CO)(OC(=O)C=C)OC(=O)C=C. The first kappa shape index (κ1) is 25.2. The van der Waals surface area contributed by atoms with Crippen molar-refractivity contribution in [2.75, 3.05) is 19.8 Å². The summed E-state index contributed by atoms with van der Waals surface area (Å²) in [7, 11) is 0. The number of ether oxygens (including phenoxy) is 3. The van der Waals surface area contributed by atoms with Crippen LogP contribution in [0.5, 0.6) is 0 Å². The summed E-state index contributed by atoms with van der Waals surface area (Å²) in [5, 5.41) is 28.3. The highest BCUT2D eigenvalue weighted by atomic mass is 16.7. The molecule has 0 rings (SSSR count). The van der Waals surface area contributed by atoms with Crippen molar-refractivity contribution in [2.24, 2.45) is 5.41 Å². The molecule has 0 atom stereocenters. The molecular formula is C18H24O10. The second-order valence-corrected chi connectivity index (χ2v) is 5.81. The molecule has 156 valence electrons. The van der Waals surface area contributed by atoms with Crippen molar-refractivity contribution in [2.45, 2.75) is 25.0 Å². The fraction of sp³-hybridized carbons (Fsp3) is 0.444. The minimum atomic E-state index is -2.28. The minimum Gasteiger partial charge on any atom is -0.419 e. The summed E-state index contributed by atoms with van der Waals surface area (Å²) in [6, 6.07) is 0. The maximum absolute atomic E-state index is 12.0. The van der Waals surface area contributed by atoms with E-state index in [-0.39, 0.29) is 6.42 Å². The zero-order valence-electron chi connectivity index (χ0n) is 15.3. The van der Waals surface area contributed by atoms with Gasteiger partial charge < -0.3 is 29.5 Å². The molecule has 0 spiro atoms. The molecule has 0 fully saturated rings. The number of aliphatic hydroxyl groups excluding tert-OH is 3. The summed E-state index contributed by atoms with van der Waals surface area (Å²) >= 11 is 0. The zero-order chi connectivity index (χ0) is 21.8. The van der Waals surface area contributed by atoms with E-state index in [0.29, 0.717) is 0 Å². The highest BCUT2D eigenvalue weighted by Gasteiger charge is 2.44. The number of carbonyl (C=O) groups excluding carboxylic acids is 4. The van der Waals surface area contributed by atoms with Gasteiger partial charge in [-0.15, -0.1) is 0 Å². The summed E-state index contributed by atoms with van der Waals surface area (Å²) in [6.45, 7) is 7.58. The van der Waals surface area contributed by atoms with Crippen LogP contribution in [0.25, 0.3) is 0 Å². The molecule has 3 N–H and O–H groups in total. The Balaban J connectivity index is 5.88. The van der Waals surface area contributed by atoms with Crippen molar-refractivity contribution in [3.05, 3.63) is 38.0 Å². The molecule has 0 aliphatic carbocycles. The summed E-state index contributed by atoms with van der Waals surface area (Å²) < 4.78 is 14.5. The van der Waals surface area contributed by atoms with Crippen LogP contribution in [0.1, 0.15) is 19.3 Å². The average Bonchev–Trinajstić information content (AvgIpc) is 2.68. The van der Waals surface area contributed by atoms with E-state index < -0.39 is 67.7 Å². The van der Waals surface area contributed by atoms with E-state index in [2.05, 4.69) is 24.5 Å². The first-order valence-electron chi connectivity index (χ1n) is 8.06. The molecule has 0 bridgehead atoms. The largest absolute Gasteiger partial charge is 0.419 e. The Kier molecular flexibility index (Phi) is 10.6. The maximum Gasteiger partial charge on any atom is 0.337 e. The summed E-state index contributed by atoms with van der Waals surface area (Å²) in [5.41, 5.74) is -1.42. The van der Waals surface area contributed by atoms with Gasteiger partial charge in [0, 0.05) is 30.1 Å². The van der Waals surface area contributed by atoms with Gasteiger partial charge in [0.15, 0.2) is 0 Å². The second-order valence-electron chi connectivity index (χ2n) is 5.81. The molecule has 0 aromatic rings. The number of hydrogen-bond donors (Lipinski definition) is 3. The van der Waals surface area contributed by atoms with Gasteiger partial charge in [-0.1, -0.05) is 19.7 Å². The third-order valence-electron chi connectivity index (χ3n) is 3.74. The quantitative estimate of drug-likeness (QED) is 0.160. The lowest BCUT2D eigenvalue weighted by Gasteiger charge is -2.35. The molecule has 0 saturated heterocycles. The molecule has 0 unspecified atom stereocenters. The molecule has 0 aliphatic heterocycles. The van der Waals surface area contributed by atoms with Crippen LogP contribution in [0, 0.1) is 5.41 Å². The molecule has 0 aromatic heterocycles. The van der Waals surface area contributed by atoms with Crippen LogP contribution >= 0.6 is 0 Å². The Hall–Kier alpha value is -2.82. The molecule has 10 nitrogen and oxygen atoms in total. The number of rotatable bonds is 13. The van der Waals surface area contributed by atoms with E-state index in [9.17, 15) is 34.5 Å². The second kappa shape index (κ2) is 11.8. The maximum atomic E-state index is 12.0. The van der Waals surface area contributed by atoms with Crippen LogP contribution < -0.4 is 0 Å². The van der Waals surface area contributed by atoms with E-state index >= 15 is 0 Å². The third-order valence-corrected chi connectivity index (χ3v) is 3.74. The van der Waals surface area contributed by atoms with Gasteiger partial charge in [0.25, 0.3) is 5.79 Å². The minimum absolute atomic E-state index is 0.242. The molecule has 10 heteroatoms. The van der Waals surface area contributed by atoms with Crippen molar-refractivity contribution < 1.29 is 48.7 Å². The fourth-order valence-electron chi connectivity index (χ4n) is 1.99. The highest BCUT2D eigenvalue weighted by molar-refractivity contribution is 5.92. The monoisotopic (exact) mass is 400 g/mol. The lowest BCUT2D eigenvalue weighted by Crippen LogP contribution is -2.45. The van der Waals surface area contributed by atoms with E-state index in [0.717, 1.165) is 18.2 Å². The van der Waals surface area contributed by atoms with Crippen LogP contribution in [0.4, 0.5) is 0 Å². The first-order valence-corrected chi connectivity index (χ1v) is 8.06. The predicted octanol–water partition coefficient (Wildman–Crippen LogP) is -0.470. The van der Waals surface area contributed by atoms with Gasteiger partial charge in [0.1, 0.15) is 6.42 Å². The molecule has 0 aromatic carbocycles. The predicted molar refractivity (Wildman–Crippen MR) is 94.1 cm³/mol. The van der Waals surface area contributed by atoms with Crippen molar-refractivity contribution in [1.29, 1.82) is 0 Å². The van der Waals surface area contributed by atoms with Crippen LogP contribution in [-0.2, 0) is 33.4 Å². The van der Waals surface area contributed by atoms with Crippen molar-refractivity contribution in [3.8, 4) is 0 Å². The van der Waals surface area contributed by atoms with Gasteiger partial charge in [0.05, 0.1) is 19.8 Å². The number of carbonyl (C=O) groups is 4. The topological polar surface area (TPSA) is 157 Å². The number of hydrogen-bond acceptors (Lipinski definition) is 10. The van der Waals surface area contributed by atoms with E-state index in [1.165, 1.54) is 0 Å². The molecule has 0 amide bonds. The molecule has 0 aliphatic rings. The third kappa shape index (κ3) is 7.82. The zero-order valence-corrected chi connectivity index (χ0v) is 15.3. The smallest absolute Gasteiger partial charge is 0.337 e. The Labute approximate surface area is 161 Å². The van der Waals surface area contributed by atoms with Gasteiger partial charge in [-0.25, -0.2) is 14.4 Å². The lowest BCUT2D eigenvalue weighted by molar-refractivity contribution is -0.231. The summed E-state index contributed by atoms with van der Waals surface area (Å²) in [4.78, 5) is 46.7. The average molecular weight is 400 g/mol. The molecule has 0 radical (unpaired) electrons. The standard InChI is InChI=1S/C18H24O10/c1-4-13(22)26-16(25)9-18(27-14(23)5-2,28-15(24)6-3)8-7-17(10-19,11-20)12-21/h4-6,19-21H,1-3,7-12H2. The van der Waals surface area contributed by atoms with E-state index in [1.54, 1.807) is 0 Å². The molecule has 0 saturated carbocycles. The van der Waals surface area contributed by atoms with Gasteiger partial charge in [-0.2, -0.15) is 0 Å². The highest BCUT2D eigenvalue weighted by Crippen LogP contribution is 2.32. The number of esters is 4. The summed E-state index contributed by atoms with van der Waals surface area (Å²) in [5.74, 6) is -6.70. The van der Waals surface area contributed by atoms with Gasteiger partial charge in [-0.05, 0) is 6.42 Å². The fourth-order valence-corrected chi connectivity index (χ4v) is 1.99. The van der Waals surface area contributed by atoms with Gasteiger partial charge in [0.2, 0.25) is 0 Å².